The van der Waals surface area contributed by atoms with Crippen molar-refractivity contribution in [2.45, 2.75) is 26.5 Å². The second kappa shape index (κ2) is 6.33. The van der Waals surface area contributed by atoms with Crippen LogP contribution in [0.5, 0.6) is 0 Å². The Kier molecular flexibility index (Phi) is 4.77. The number of ether oxygens (including phenoxy) is 1. The molecule has 0 aliphatic carbocycles. The molecule has 0 saturated carbocycles. The van der Waals surface area contributed by atoms with Gasteiger partial charge < -0.3 is 4.74 Å². The van der Waals surface area contributed by atoms with E-state index in [2.05, 4.69) is 52.1 Å². The standard InChI is InChI=1S/C14H17IN2O/c1-11(2)18-8-7-17-10-12(9-16-17)13-5-3-4-6-14(13)15/h3-6,9-11H,7-8H2,1-2H3. The van der Waals surface area contributed by atoms with Gasteiger partial charge in [-0.2, -0.15) is 5.10 Å². The van der Waals surface area contributed by atoms with Crippen molar-refractivity contribution in [1.82, 2.24) is 9.78 Å². The van der Waals surface area contributed by atoms with Crippen LogP contribution >= 0.6 is 22.6 Å². The first-order valence-corrected chi connectivity index (χ1v) is 7.13. The highest BCUT2D eigenvalue weighted by Gasteiger charge is 2.05. The van der Waals surface area contributed by atoms with Gasteiger partial charge in [0.1, 0.15) is 0 Å². The summed E-state index contributed by atoms with van der Waals surface area (Å²) >= 11 is 2.35. The topological polar surface area (TPSA) is 27.1 Å². The molecule has 0 fully saturated rings. The molecule has 96 valence electrons. The van der Waals surface area contributed by atoms with Gasteiger partial charge in [0.05, 0.1) is 25.5 Å². The summed E-state index contributed by atoms with van der Waals surface area (Å²) in [5.41, 5.74) is 2.39. The average molecular weight is 356 g/mol. The average Bonchev–Trinajstić information content (AvgIpc) is 2.78. The highest BCUT2D eigenvalue weighted by Crippen LogP contribution is 2.24. The van der Waals surface area contributed by atoms with Crippen LogP contribution in [0, 0.1) is 3.57 Å². The van der Waals surface area contributed by atoms with Gasteiger partial charge in [-0.1, -0.05) is 18.2 Å². The predicted molar refractivity (Wildman–Crippen MR) is 81.5 cm³/mol. The fraction of sp³-hybridized carbons (Fsp3) is 0.357. The quantitative estimate of drug-likeness (QED) is 0.766. The van der Waals surface area contributed by atoms with Crippen molar-refractivity contribution in [3.8, 4) is 11.1 Å². The van der Waals surface area contributed by atoms with Crippen molar-refractivity contribution < 1.29 is 4.74 Å². The van der Waals surface area contributed by atoms with Crippen molar-refractivity contribution >= 4 is 22.6 Å². The van der Waals surface area contributed by atoms with Gasteiger partial charge in [0, 0.05) is 15.3 Å². The number of nitrogens with zero attached hydrogens (tertiary/aromatic N) is 2. The van der Waals surface area contributed by atoms with Crippen LogP contribution in [-0.4, -0.2) is 22.5 Å². The van der Waals surface area contributed by atoms with E-state index in [0.29, 0.717) is 6.61 Å². The summed E-state index contributed by atoms with van der Waals surface area (Å²) in [4.78, 5) is 0. The van der Waals surface area contributed by atoms with Gasteiger partial charge in [0.15, 0.2) is 0 Å². The zero-order valence-electron chi connectivity index (χ0n) is 10.6. The molecule has 0 bridgehead atoms. The highest BCUT2D eigenvalue weighted by molar-refractivity contribution is 14.1. The van der Waals surface area contributed by atoms with Crippen LogP contribution in [0.15, 0.2) is 36.7 Å². The van der Waals surface area contributed by atoms with Crippen LogP contribution in [0.1, 0.15) is 13.8 Å². The van der Waals surface area contributed by atoms with E-state index in [1.165, 1.54) is 9.13 Å². The molecule has 1 aromatic heterocycles. The third-order valence-electron chi connectivity index (χ3n) is 2.59. The van der Waals surface area contributed by atoms with Gasteiger partial charge in [-0.15, -0.1) is 0 Å². The van der Waals surface area contributed by atoms with Crippen molar-refractivity contribution in [2.75, 3.05) is 6.61 Å². The first-order valence-electron chi connectivity index (χ1n) is 6.06. The lowest BCUT2D eigenvalue weighted by molar-refractivity contribution is 0.0710. The van der Waals surface area contributed by atoms with E-state index in [0.717, 1.165) is 12.1 Å². The number of halogens is 1. The number of benzene rings is 1. The monoisotopic (exact) mass is 356 g/mol. The van der Waals surface area contributed by atoms with Crippen LogP contribution in [0.4, 0.5) is 0 Å². The normalized spacial score (nSPS) is 11.1. The lowest BCUT2D eigenvalue weighted by atomic mass is 10.1. The molecule has 0 spiro atoms. The minimum atomic E-state index is 0.273. The van der Waals surface area contributed by atoms with Gasteiger partial charge in [-0.05, 0) is 48.1 Å². The summed E-state index contributed by atoms with van der Waals surface area (Å²) in [6.07, 6.45) is 4.25. The summed E-state index contributed by atoms with van der Waals surface area (Å²) in [5.74, 6) is 0. The molecule has 2 aromatic rings. The van der Waals surface area contributed by atoms with Crippen molar-refractivity contribution in [2.24, 2.45) is 0 Å². The lowest BCUT2D eigenvalue weighted by Gasteiger charge is -2.06. The summed E-state index contributed by atoms with van der Waals surface area (Å²) in [6.45, 7) is 5.58. The Bertz CT molecular complexity index is 508. The SMILES string of the molecule is CC(C)OCCn1cc(-c2ccccc2I)cn1. The number of aromatic nitrogens is 2. The first-order chi connectivity index (χ1) is 8.66. The van der Waals surface area contributed by atoms with E-state index in [-0.39, 0.29) is 6.10 Å². The van der Waals surface area contributed by atoms with E-state index in [9.17, 15) is 0 Å². The Labute approximate surface area is 121 Å². The van der Waals surface area contributed by atoms with Crippen LogP contribution < -0.4 is 0 Å². The van der Waals surface area contributed by atoms with Crippen molar-refractivity contribution in [3.63, 3.8) is 0 Å². The molecule has 0 aliphatic rings. The zero-order chi connectivity index (χ0) is 13.0. The molecule has 0 aliphatic heterocycles. The Balaban J connectivity index is 2.04. The van der Waals surface area contributed by atoms with Crippen LogP contribution in [0.3, 0.4) is 0 Å². The van der Waals surface area contributed by atoms with Gasteiger partial charge >= 0.3 is 0 Å². The van der Waals surface area contributed by atoms with E-state index >= 15 is 0 Å². The van der Waals surface area contributed by atoms with Gasteiger partial charge in [0.2, 0.25) is 0 Å². The Morgan fingerprint density at radius 1 is 1.33 bits per heavy atom. The molecule has 0 amide bonds. The van der Waals surface area contributed by atoms with Crippen LogP contribution in [0.2, 0.25) is 0 Å². The molecule has 1 aromatic carbocycles. The summed E-state index contributed by atoms with van der Waals surface area (Å²) in [6, 6.07) is 8.33. The Hall–Kier alpha value is -0.880. The Morgan fingerprint density at radius 3 is 2.83 bits per heavy atom. The molecular weight excluding hydrogens is 339 g/mol. The van der Waals surface area contributed by atoms with E-state index in [1.807, 2.05) is 30.8 Å². The fourth-order valence-electron chi connectivity index (χ4n) is 1.70. The van der Waals surface area contributed by atoms with E-state index in [1.54, 1.807) is 0 Å². The molecule has 2 rings (SSSR count). The van der Waals surface area contributed by atoms with Crippen LogP contribution in [0.25, 0.3) is 11.1 Å². The lowest BCUT2D eigenvalue weighted by Crippen LogP contribution is -2.10. The number of hydrogen-bond acceptors (Lipinski definition) is 2. The molecule has 0 unspecified atom stereocenters. The first kappa shape index (κ1) is 13.5. The van der Waals surface area contributed by atoms with Crippen molar-refractivity contribution in [3.05, 3.63) is 40.2 Å². The third-order valence-corrected chi connectivity index (χ3v) is 3.53. The van der Waals surface area contributed by atoms with E-state index in [4.69, 9.17) is 4.74 Å². The molecule has 18 heavy (non-hydrogen) atoms. The summed E-state index contributed by atoms with van der Waals surface area (Å²) in [5, 5.41) is 4.36. The smallest absolute Gasteiger partial charge is 0.0666 e. The minimum Gasteiger partial charge on any atom is -0.377 e. The molecule has 4 heteroatoms. The fourth-order valence-corrected chi connectivity index (χ4v) is 2.40. The number of hydrogen-bond donors (Lipinski definition) is 0. The molecule has 0 radical (unpaired) electrons. The Morgan fingerprint density at radius 2 is 2.11 bits per heavy atom. The molecule has 0 N–H and O–H groups in total. The van der Waals surface area contributed by atoms with Gasteiger partial charge in [0.25, 0.3) is 0 Å². The maximum absolute atomic E-state index is 5.52. The maximum Gasteiger partial charge on any atom is 0.0666 e. The third kappa shape index (κ3) is 3.55. The predicted octanol–water partition coefficient (Wildman–Crippen LogP) is 3.58. The molecule has 1 heterocycles. The summed E-state index contributed by atoms with van der Waals surface area (Å²) in [7, 11) is 0. The van der Waals surface area contributed by atoms with Gasteiger partial charge in [-0.3, -0.25) is 4.68 Å². The van der Waals surface area contributed by atoms with Crippen LogP contribution in [-0.2, 0) is 11.3 Å². The second-order valence-electron chi connectivity index (χ2n) is 4.39. The van der Waals surface area contributed by atoms with Crippen molar-refractivity contribution in [1.29, 1.82) is 0 Å². The van der Waals surface area contributed by atoms with E-state index < -0.39 is 0 Å². The second-order valence-corrected chi connectivity index (χ2v) is 5.55. The largest absolute Gasteiger partial charge is 0.377 e. The zero-order valence-corrected chi connectivity index (χ0v) is 12.8. The molecule has 0 saturated heterocycles. The highest BCUT2D eigenvalue weighted by atomic mass is 127. The molecule has 0 atom stereocenters. The number of rotatable bonds is 5. The maximum atomic E-state index is 5.52. The van der Waals surface area contributed by atoms with Gasteiger partial charge in [-0.25, -0.2) is 0 Å². The molecule has 3 nitrogen and oxygen atoms in total. The molecular formula is C14H17IN2O. The minimum absolute atomic E-state index is 0.273. The summed E-state index contributed by atoms with van der Waals surface area (Å²) < 4.78 is 8.70.